The summed E-state index contributed by atoms with van der Waals surface area (Å²) in [7, 11) is 0. The predicted molar refractivity (Wildman–Crippen MR) is 110 cm³/mol. The van der Waals surface area contributed by atoms with Crippen molar-refractivity contribution in [1.29, 1.82) is 0 Å². The molecule has 8 nitrogen and oxygen atoms in total. The summed E-state index contributed by atoms with van der Waals surface area (Å²) in [6.07, 6.45) is -0.865. The lowest BCUT2D eigenvalue weighted by molar-refractivity contribution is -0.193. The van der Waals surface area contributed by atoms with E-state index in [4.69, 9.17) is 14.2 Å². The molecule has 0 bridgehead atoms. The Labute approximate surface area is 181 Å². The Hall–Kier alpha value is -3.00. The number of hydrogen-bond donors (Lipinski definition) is 1. The topological polar surface area (TPSA) is 116 Å². The molecule has 0 aromatic heterocycles. The smallest absolute Gasteiger partial charge is 0.334 e. The van der Waals surface area contributed by atoms with Crippen LogP contribution in [0, 0.1) is 11.8 Å². The molecule has 2 rings (SSSR count). The Morgan fingerprint density at radius 3 is 2.26 bits per heavy atom. The molecule has 2 unspecified atom stereocenters. The maximum absolute atomic E-state index is 12.8. The zero-order valence-corrected chi connectivity index (χ0v) is 18.2. The van der Waals surface area contributed by atoms with E-state index in [0.717, 1.165) is 6.92 Å². The average Bonchev–Trinajstić information content (AvgIpc) is 2.94. The normalized spacial score (nSPS) is 33.2. The molecule has 0 aromatic carbocycles. The van der Waals surface area contributed by atoms with Crippen molar-refractivity contribution in [1.82, 2.24) is 0 Å². The number of carbonyl (C=O) groups excluding carboxylic acids is 4. The molecule has 1 N–H and O–H groups in total. The molecule has 31 heavy (non-hydrogen) atoms. The van der Waals surface area contributed by atoms with Gasteiger partial charge in [0, 0.05) is 16.7 Å². The van der Waals surface area contributed by atoms with Gasteiger partial charge in [-0.05, 0) is 39.2 Å². The highest BCUT2D eigenvalue weighted by Crippen LogP contribution is 2.40. The van der Waals surface area contributed by atoms with Gasteiger partial charge in [0.25, 0.3) is 0 Å². The molecule has 1 aliphatic carbocycles. The fourth-order valence-electron chi connectivity index (χ4n) is 3.52. The van der Waals surface area contributed by atoms with Gasteiger partial charge in [0.05, 0.1) is 5.92 Å². The van der Waals surface area contributed by atoms with E-state index in [9.17, 15) is 24.3 Å². The molecular formula is C23H28O8. The highest BCUT2D eigenvalue weighted by molar-refractivity contribution is 5.98. The van der Waals surface area contributed by atoms with Gasteiger partial charge in [0.1, 0.15) is 6.10 Å². The number of esters is 3. The Kier molecular flexibility index (Phi) is 7.06. The van der Waals surface area contributed by atoms with E-state index in [-0.39, 0.29) is 22.6 Å². The first-order valence-corrected chi connectivity index (χ1v) is 9.85. The highest BCUT2D eigenvalue weighted by Gasteiger charge is 2.56. The third-order valence-electron chi connectivity index (χ3n) is 5.38. The summed E-state index contributed by atoms with van der Waals surface area (Å²) in [5.41, 5.74) is -2.27. The highest BCUT2D eigenvalue weighted by atomic mass is 16.6. The molecule has 1 aliphatic heterocycles. The minimum Gasteiger partial charge on any atom is -0.458 e. The number of hydrogen-bond acceptors (Lipinski definition) is 8. The van der Waals surface area contributed by atoms with Crippen LogP contribution in [0.5, 0.6) is 0 Å². The molecule has 0 amide bonds. The van der Waals surface area contributed by atoms with Crippen LogP contribution in [0.3, 0.4) is 0 Å². The minimum absolute atomic E-state index is 0.00334. The quantitative estimate of drug-likeness (QED) is 0.407. The zero-order valence-electron chi connectivity index (χ0n) is 18.2. The molecule has 2 aliphatic rings. The summed E-state index contributed by atoms with van der Waals surface area (Å²) in [6, 6.07) is 0. The Morgan fingerprint density at radius 1 is 1.16 bits per heavy atom. The van der Waals surface area contributed by atoms with E-state index in [1.54, 1.807) is 13.0 Å². The molecule has 0 spiro atoms. The van der Waals surface area contributed by atoms with Gasteiger partial charge in [-0.2, -0.15) is 0 Å². The zero-order chi connectivity index (χ0) is 23.7. The van der Waals surface area contributed by atoms with Crippen molar-refractivity contribution in [3.05, 3.63) is 48.6 Å². The summed E-state index contributed by atoms with van der Waals surface area (Å²) in [6.45, 7) is 16.6. The summed E-state index contributed by atoms with van der Waals surface area (Å²) < 4.78 is 16.4. The van der Waals surface area contributed by atoms with E-state index in [1.807, 2.05) is 0 Å². The van der Waals surface area contributed by atoms with E-state index in [0.29, 0.717) is 6.42 Å². The monoisotopic (exact) mass is 432 g/mol. The first-order chi connectivity index (χ1) is 14.3. The fraction of sp³-hybridized carbons (Fsp3) is 0.478. The van der Waals surface area contributed by atoms with Crippen molar-refractivity contribution in [3.63, 3.8) is 0 Å². The number of aliphatic hydroxyl groups is 1. The summed E-state index contributed by atoms with van der Waals surface area (Å²) in [5, 5.41) is 11.2. The summed E-state index contributed by atoms with van der Waals surface area (Å²) in [4.78, 5) is 50.0. The van der Waals surface area contributed by atoms with E-state index >= 15 is 0 Å². The number of rotatable bonds is 4. The van der Waals surface area contributed by atoms with Crippen LogP contribution in [0.2, 0.25) is 0 Å². The van der Waals surface area contributed by atoms with Crippen LogP contribution in [0.1, 0.15) is 34.1 Å². The Balaban J connectivity index is 2.71. The number of allylic oxidation sites excluding steroid dienone is 1. The second kappa shape index (κ2) is 9.01. The largest absolute Gasteiger partial charge is 0.458 e. The molecular weight excluding hydrogens is 404 g/mol. The maximum atomic E-state index is 12.8. The van der Waals surface area contributed by atoms with E-state index in [2.05, 4.69) is 19.7 Å². The van der Waals surface area contributed by atoms with Crippen molar-refractivity contribution in [2.24, 2.45) is 11.8 Å². The second-order valence-corrected chi connectivity index (χ2v) is 8.34. The fourth-order valence-corrected chi connectivity index (χ4v) is 3.52. The molecule has 0 radical (unpaired) electrons. The lowest BCUT2D eigenvalue weighted by atomic mass is 9.77. The van der Waals surface area contributed by atoms with Crippen LogP contribution < -0.4 is 0 Å². The first-order valence-electron chi connectivity index (χ1n) is 9.85. The van der Waals surface area contributed by atoms with Gasteiger partial charge in [-0.25, -0.2) is 14.4 Å². The molecule has 8 heteroatoms. The molecule has 0 saturated carbocycles. The average molecular weight is 432 g/mol. The Bertz CT molecular complexity index is 878. The number of ether oxygens (including phenoxy) is 3. The molecule has 0 aromatic rings. The third-order valence-corrected chi connectivity index (χ3v) is 5.38. The maximum Gasteiger partial charge on any atom is 0.334 e. The molecule has 168 valence electrons. The lowest BCUT2D eigenvalue weighted by Gasteiger charge is -2.39. The van der Waals surface area contributed by atoms with Crippen molar-refractivity contribution in [2.45, 2.75) is 58.0 Å². The van der Waals surface area contributed by atoms with Gasteiger partial charge in [0.2, 0.25) is 0 Å². The standard InChI is InChI=1S/C23H28O8/c1-11(2)20(25)30-18-17-14(6)22(27)29-15(17)10-13(5)8-9-16(24)23(7,28)19(18)31-21(26)12(3)4/h8-9,13,15,17-19,28H,1,3,6,10H2,2,4-5,7H3/t13?,15-,17+,18+,19?,23+/m1/s1. The number of ketones is 1. The summed E-state index contributed by atoms with van der Waals surface area (Å²) >= 11 is 0. The van der Waals surface area contributed by atoms with Crippen LogP contribution >= 0.6 is 0 Å². The predicted octanol–water partition coefficient (Wildman–Crippen LogP) is 1.98. The van der Waals surface area contributed by atoms with Gasteiger partial charge in [0.15, 0.2) is 23.6 Å². The van der Waals surface area contributed by atoms with E-state index in [1.165, 1.54) is 19.9 Å². The van der Waals surface area contributed by atoms with Crippen LogP contribution in [-0.4, -0.2) is 52.7 Å². The molecule has 1 saturated heterocycles. The van der Waals surface area contributed by atoms with Gasteiger partial charge in [-0.1, -0.05) is 32.7 Å². The van der Waals surface area contributed by atoms with Crippen LogP contribution in [0.15, 0.2) is 48.6 Å². The van der Waals surface area contributed by atoms with Crippen molar-refractivity contribution in [2.75, 3.05) is 0 Å². The molecule has 1 fully saturated rings. The van der Waals surface area contributed by atoms with Gasteiger partial charge in [-0.15, -0.1) is 0 Å². The SMILES string of the molecule is C=C(C)C(=O)OC1[C@@H](OC(=O)C(=C)C)[C@H]2C(=C)C(=O)O[C@@H]2CC(C)C=CC(=O)[C@]1(C)O. The minimum atomic E-state index is -2.30. The van der Waals surface area contributed by atoms with Crippen molar-refractivity contribution < 1.29 is 38.5 Å². The van der Waals surface area contributed by atoms with Gasteiger partial charge < -0.3 is 19.3 Å². The van der Waals surface area contributed by atoms with Gasteiger partial charge >= 0.3 is 17.9 Å². The lowest BCUT2D eigenvalue weighted by Crippen LogP contribution is -2.58. The van der Waals surface area contributed by atoms with Crippen molar-refractivity contribution >= 4 is 23.7 Å². The first kappa shape index (κ1) is 24.3. The Morgan fingerprint density at radius 2 is 1.71 bits per heavy atom. The van der Waals surface area contributed by atoms with Crippen LogP contribution in [0.25, 0.3) is 0 Å². The number of fused-ring (bicyclic) bond motifs is 1. The summed E-state index contributed by atoms with van der Waals surface area (Å²) in [5.74, 6) is -4.39. The second-order valence-electron chi connectivity index (χ2n) is 8.34. The third kappa shape index (κ3) is 5.02. The molecule has 1 heterocycles. The van der Waals surface area contributed by atoms with Crippen LogP contribution in [-0.2, 0) is 33.4 Å². The van der Waals surface area contributed by atoms with E-state index < -0.39 is 53.5 Å². The number of carbonyl (C=O) groups is 4. The van der Waals surface area contributed by atoms with Gasteiger partial charge in [-0.3, -0.25) is 4.79 Å². The molecule has 6 atom stereocenters. The van der Waals surface area contributed by atoms with Crippen molar-refractivity contribution in [3.8, 4) is 0 Å². The van der Waals surface area contributed by atoms with Crippen LogP contribution in [0.4, 0.5) is 0 Å².